The van der Waals surface area contributed by atoms with Crippen LogP contribution in [0.4, 0.5) is 26.0 Å². The number of hydrogen-bond acceptors (Lipinski definition) is 7. The molecule has 0 unspecified atom stereocenters. The average molecular weight is 580 g/mol. The lowest BCUT2D eigenvalue weighted by atomic mass is 9.94. The Kier molecular flexibility index (Phi) is 6.38. The van der Waals surface area contributed by atoms with E-state index in [1.165, 1.54) is 4.88 Å². The van der Waals surface area contributed by atoms with Gasteiger partial charge < -0.3 is 10.2 Å². The Bertz CT molecular complexity index is 1730. The van der Waals surface area contributed by atoms with Crippen LogP contribution in [0.2, 0.25) is 0 Å². The van der Waals surface area contributed by atoms with Crippen molar-refractivity contribution in [2.45, 2.75) is 52.1 Å². The van der Waals surface area contributed by atoms with Gasteiger partial charge in [0, 0.05) is 35.8 Å². The van der Waals surface area contributed by atoms with Gasteiger partial charge >= 0.3 is 0 Å². The van der Waals surface area contributed by atoms with Crippen LogP contribution >= 0.6 is 11.3 Å². The van der Waals surface area contributed by atoms with Crippen LogP contribution in [0, 0.1) is 6.92 Å². The maximum absolute atomic E-state index is 13.4. The number of fused-ring (bicyclic) bond motifs is 1. The van der Waals surface area contributed by atoms with Crippen molar-refractivity contribution in [3.05, 3.63) is 73.3 Å². The molecule has 5 heterocycles. The van der Waals surface area contributed by atoms with Gasteiger partial charge in [-0.1, -0.05) is 32.9 Å². The number of H-pyrrole nitrogens is 1. The van der Waals surface area contributed by atoms with Gasteiger partial charge in [0.25, 0.3) is 17.4 Å². The lowest BCUT2D eigenvalue weighted by Gasteiger charge is -2.38. The number of carbonyl (C=O) groups is 1. The van der Waals surface area contributed by atoms with E-state index in [4.69, 9.17) is 0 Å². The SMILES string of the molecule is Cc1c(-c2cc(Nc3cc(CN4CC(F)(F)C4)n(C)n3)c(=O)[nH]n2)cccc1N1Cc2cc(C(C)(C)C)sc2C1=O. The van der Waals surface area contributed by atoms with E-state index in [1.54, 1.807) is 45.0 Å². The minimum absolute atomic E-state index is 0.00886. The number of benzene rings is 1. The Hall–Kier alpha value is -3.90. The van der Waals surface area contributed by atoms with Gasteiger partial charge in [0.05, 0.1) is 35.9 Å². The fraction of sp³-hybridized carbons (Fsp3) is 0.379. The maximum atomic E-state index is 13.4. The van der Waals surface area contributed by atoms with Crippen molar-refractivity contribution in [3.63, 3.8) is 0 Å². The van der Waals surface area contributed by atoms with E-state index >= 15 is 0 Å². The van der Waals surface area contributed by atoms with E-state index in [9.17, 15) is 18.4 Å². The van der Waals surface area contributed by atoms with E-state index in [-0.39, 0.29) is 30.1 Å². The summed E-state index contributed by atoms with van der Waals surface area (Å²) < 4.78 is 28.1. The number of nitrogens with one attached hydrogen (secondary N) is 2. The van der Waals surface area contributed by atoms with Gasteiger partial charge in [-0.2, -0.15) is 10.2 Å². The molecule has 1 amide bonds. The molecule has 9 nitrogen and oxygen atoms in total. The first-order valence-corrected chi connectivity index (χ1v) is 14.2. The van der Waals surface area contributed by atoms with E-state index in [0.717, 1.165) is 32.9 Å². The summed E-state index contributed by atoms with van der Waals surface area (Å²) in [4.78, 5) is 31.5. The number of halogens is 2. The maximum Gasteiger partial charge on any atom is 0.287 e. The quantitative estimate of drug-likeness (QED) is 0.326. The van der Waals surface area contributed by atoms with E-state index in [0.29, 0.717) is 24.6 Å². The van der Waals surface area contributed by atoms with Crippen LogP contribution in [0.25, 0.3) is 11.3 Å². The number of rotatable bonds is 6. The van der Waals surface area contributed by atoms with E-state index in [2.05, 4.69) is 47.5 Å². The Morgan fingerprint density at radius 1 is 1.15 bits per heavy atom. The summed E-state index contributed by atoms with van der Waals surface area (Å²) in [5.74, 6) is -2.22. The second kappa shape index (κ2) is 9.59. The molecule has 0 radical (unpaired) electrons. The van der Waals surface area contributed by atoms with Crippen molar-refractivity contribution >= 4 is 34.4 Å². The molecule has 12 heteroatoms. The molecule has 2 aliphatic rings. The second-order valence-corrected chi connectivity index (χ2v) is 12.9. The van der Waals surface area contributed by atoms with Crippen molar-refractivity contribution in [3.8, 4) is 11.3 Å². The predicted octanol–water partition coefficient (Wildman–Crippen LogP) is 5.19. The van der Waals surface area contributed by atoms with Crippen LogP contribution in [-0.2, 0) is 25.6 Å². The Morgan fingerprint density at radius 2 is 1.90 bits per heavy atom. The van der Waals surface area contributed by atoms with Gasteiger partial charge in [-0.25, -0.2) is 13.9 Å². The zero-order valence-corrected chi connectivity index (χ0v) is 24.3. The number of likely N-dealkylation sites (tertiary alicyclic amines) is 1. The van der Waals surface area contributed by atoms with Gasteiger partial charge in [0.2, 0.25) is 0 Å². The largest absolute Gasteiger partial charge is 0.334 e. The molecular weight excluding hydrogens is 548 g/mol. The molecule has 0 saturated carbocycles. The lowest BCUT2D eigenvalue weighted by Crippen LogP contribution is -2.55. The average Bonchev–Trinajstić information content (AvgIpc) is 3.54. The third kappa shape index (κ3) is 5.06. The van der Waals surface area contributed by atoms with Crippen LogP contribution in [-0.4, -0.2) is 49.8 Å². The van der Waals surface area contributed by atoms with Gasteiger partial charge in [-0.05, 0) is 41.7 Å². The van der Waals surface area contributed by atoms with E-state index in [1.807, 2.05) is 25.1 Å². The molecule has 6 rings (SSSR count). The monoisotopic (exact) mass is 579 g/mol. The molecular formula is C29H31F2N7O2S. The molecule has 1 aromatic carbocycles. The van der Waals surface area contributed by atoms with E-state index < -0.39 is 11.5 Å². The molecule has 4 aromatic rings. The van der Waals surface area contributed by atoms with Crippen molar-refractivity contribution in [2.75, 3.05) is 23.3 Å². The van der Waals surface area contributed by atoms with Gasteiger partial charge in [-0.3, -0.25) is 19.2 Å². The Labute approximate surface area is 239 Å². The molecule has 3 aromatic heterocycles. The molecule has 1 saturated heterocycles. The first kappa shape index (κ1) is 27.3. The summed E-state index contributed by atoms with van der Waals surface area (Å²) in [5.41, 5.74) is 4.56. The Morgan fingerprint density at radius 3 is 2.59 bits per heavy atom. The number of aromatic amines is 1. The van der Waals surface area contributed by atoms with Crippen molar-refractivity contribution in [1.82, 2.24) is 24.9 Å². The predicted molar refractivity (Wildman–Crippen MR) is 155 cm³/mol. The molecule has 0 bridgehead atoms. The highest BCUT2D eigenvalue weighted by atomic mass is 32.1. The van der Waals surface area contributed by atoms with Crippen molar-refractivity contribution in [2.24, 2.45) is 7.05 Å². The Balaban J connectivity index is 1.24. The van der Waals surface area contributed by atoms with Crippen LogP contribution in [0.1, 0.15) is 52.1 Å². The third-order valence-corrected chi connectivity index (χ3v) is 9.12. The standard InChI is InChI=1S/C29H31F2N7O2S/c1-16-19(7-6-8-22(16)38-12-17-9-23(28(2,3)4)41-25(17)27(38)40)20-11-21(26(39)34-33-20)32-24-10-18(36(5)35-24)13-37-14-29(30,31)15-37/h6-11H,12-15H2,1-5H3,(H,34,39)(H,32,33,35). The van der Waals surface area contributed by atoms with Crippen molar-refractivity contribution in [1.29, 1.82) is 0 Å². The highest BCUT2D eigenvalue weighted by molar-refractivity contribution is 7.14. The lowest BCUT2D eigenvalue weighted by molar-refractivity contribution is -0.134. The summed E-state index contributed by atoms with van der Waals surface area (Å²) in [7, 11) is 1.73. The molecule has 0 aliphatic carbocycles. The van der Waals surface area contributed by atoms with Crippen LogP contribution in [0.15, 0.2) is 41.2 Å². The summed E-state index contributed by atoms with van der Waals surface area (Å²) in [5, 5.41) is 14.3. The highest BCUT2D eigenvalue weighted by Gasteiger charge is 2.43. The van der Waals surface area contributed by atoms with Crippen LogP contribution in [0.3, 0.4) is 0 Å². The number of carbonyl (C=O) groups excluding carboxylic acids is 1. The molecule has 1 fully saturated rings. The number of anilines is 3. The minimum Gasteiger partial charge on any atom is -0.334 e. The number of aromatic nitrogens is 4. The first-order chi connectivity index (χ1) is 19.3. The molecule has 0 spiro atoms. The summed E-state index contributed by atoms with van der Waals surface area (Å²) >= 11 is 1.56. The zero-order valence-electron chi connectivity index (χ0n) is 23.5. The number of nitrogens with zero attached hydrogens (tertiary/aromatic N) is 5. The summed E-state index contributed by atoms with van der Waals surface area (Å²) in [6, 6.07) is 11.2. The fourth-order valence-corrected chi connectivity index (χ4v) is 6.47. The minimum atomic E-state index is -2.64. The van der Waals surface area contributed by atoms with Gasteiger partial charge in [0.15, 0.2) is 5.82 Å². The fourth-order valence-electron chi connectivity index (χ4n) is 5.29. The molecule has 0 atom stereocenters. The van der Waals surface area contributed by atoms with Crippen molar-refractivity contribution < 1.29 is 13.6 Å². The molecule has 41 heavy (non-hydrogen) atoms. The third-order valence-electron chi connectivity index (χ3n) is 7.53. The molecule has 2 N–H and O–H groups in total. The van der Waals surface area contributed by atoms with Crippen LogP contribution < -0.4 is 15.8 Å². The molecule has 214 valence electrons. The summed E-state index contributed by atoms with van der Waals surface area (Å²) in [6.45, 7) is 8.67. The zero-order chi connectivity index (χ0) is 29.3. The van der Waals surface area contributed by atoms with Gasteiger partial charge in [0.1, 0.15) is 5.69 Å². The number of thiophene rings is 1. The second-order valence-electron chi connectivity index (χ2n) is 11.8. The summed E-state index contributed by atoms with van der Waals surface area (Å²) in [6.07, 6.45) is 0. The first-order valence-electron chi connectivity index (χ1n) is 13.3. The number of alkyl halides is 2. The highest BCUT2D eigenvalue weighted by Crippen LogP contribution is 2.40. The van der Waals surface area contributed by atoms with Crippen LogP contribution in [0.5, 0.6) is 0 Å². The topological polar surface area (TPSA) is 99.2 Å². The number of amides is 1. The smallest absolute Gasteiger partial charge is 0.287 e. The van der Waals surface area contributed by atoms with Gasteiger partial charge in [-0.15, -0.1) is 11.3 Å². The number of aryl methyl sites for hydroxylation is 1. The molecule has 2 aliphatic heterocycles. The number of hydrogen-bond donors (Lipinski definition) is 2. The normalized spacial score (nSPS) is 16.7.